The maximum absolute atomic E-state index is 12.8. The molecule has 4 heterocycles. The van der Waals surface area contributed by atoms with Crippen molar-refractivity contribution in [3.05, 3.63) is 65.7 Å². The Balaban J connectivity index is 1.44. The van der Waals surface area contributed by atoms with Crippen molar-refractivity contribution in [2.24, 2.45) is 11.8 Å². The molecule has 176 valence electrons. The molecular formula is C27H35N3O3. The van der Waals surface area contributed by atoms with Crippen LogP contribution >= 0.6 is 0 Å². The molecule has 0 unspecified atom stereocenters. The van der Waals surface area contributed by atoms with Gasteiger partial charge in [-0.05, 0) is 87.0 Å². The number of nitrogens with zero attached hydrogens (tertiary/aromatic N) is 2. The second-order valence-electron chi connectivity index (χ2n) is 9.79. The lowest BCUT2D eigenvalue weighted by molar-refractivity contribution is -0.000813. The summed E-state index contributed by atoms with van der Waals surface area (Å²) in [5.74, 6) is 1.82. The number of ether oxygens (including phenoxy) is 1. The SMILES string of the molecule is O=C(O)N([C@@H](c1ccccc1)c1cccc(OCC2CCNCC2)c1)[C@H]1CN2CCC1CC2. The maximum atomic E-state index is 12.8. The van der Waals surface area contributed by atoms with E-state index in [0.29, 0.717) is 18.4 Å². The van der Waals surface area contributed by atoms with Gasteiger partial charge in [-0.1, -0.05) is 42.5 Å². The van der Waals surface area contributed by atoms with E-state index in [0.717, 1.165) is 75.3 Å². The fourth-order valence-electron chi connectivity index (χ4n) is 5.88. The number of rotatable bonds is 7. The Morgan fingerprint density at radius 1 is 1.03 bits per heavy atom. The number of carbonyl (C=O) groups is 1. The van der Waals surface area contributed by atoms with E-state index in [1.54, 1.807) is 4.90 Å². The molecule has 0 saturated carbocycles. The maximum Gasteiger partial charge on any atom is 0.408 e. The highest BCUT2D eigenvalue weighted by Crippen LogP contribution is 2.39. The monoisotopic (exact) mass is 449 g/mol. The fourth-order valence-corrected chi connectivity index (χ4v) is 5.88. The molecule has 1 amide bonds. The van der Waals surface area contributed by atoms with Gasteiger partial charge in [0.15, 0.2) is 0 Å². The predicted molar refractivity (Wildman–Crippen MR) is 129 cm³/mol. The minimum atomic E-state index is -0.844. The van der Waals surface area contributed by atoms with E-state index in [1.165, 1.54) is 0 Å². The Bertz CT molecular complexity index is 923. The highest BCUT2D eigenvalue weighted by molar-refractivity contribution is 5.67. The number of hydrogen-bond acceptors (Lipinski definition) is 4. The fraction of sp³-hybridized carbons (Fsp3) is 0.519. The van der Waals surface area contributed by atoms with Crippen LogP contribution in [0.25, 0.3) is 0 Å². The lowest BCUT2D eigenvalue weighted by Gasteiger charge is -2.50. The van der Waals surface area contributed by atoms with Crippen molar-refractivity contribution < 1.29 is 14.6 Å². The van der Waals surface area contributed by atoms with E-state index in [2.05, 4.69) is 16.3 Å². The van der Waals surface area contributed by atoms with Crippen molar-refractivity contribution in [1.82, 2.24) is 15.1 Å². The van der Waals surface area contributed by atoms with E-state index in [9.17, 15) is 9.90 Å². The molecule has 6 heteroatoms. The number of amides is 1. The molecule has 0 aliphatic carbocycles. The number of nitrogens with one attached hydrogen (secondary N) is 1. The highest BCUT2D eigenvalue weighted by atomic mass is 16.5. The van der Waals surface area contributed by atoms with Crippen molar-refractivity contribution in [3.63, 3.8) is 0 Å². The van der Waals surface area contributed by atoms with Gasteiger partial charge in [0, 0.05) is 6.54 Å². The molecular weight excluding hydrogens is 414 g/mol. The third-order valence-electron chi connectivity index (χ3n) is 7.71. The molecule has 0 spiro atoms. The summed E-state index contributed by atoms with van der Waals surface area (Å²) >= 11 is 0. The summed E-state index contributed by atoms with van der Waals surface area (Å²) in [7, 11) is 0. The minimum absolute atomic E-state index is 0.00881. The van der Waals surface area contributed by atoms with Crippen molar-refractivity contribution >= 4 is 6.09 Å². The molecule has 4 aliphatic rings. The van der Waals surface area contributed by atoms with Crippen LogP contribution in [0.4, 0.5) is 4.79 Å². The molecule has 2 bridgehead atoms. The third kappa shape index (κ3) is 5.02. The number of carboxylic acid groups (broad SMARTS) is 1. The van der Waals surface area contributed by atoms with E-state index in [4.69, 9.17) is 4.74 Å². The number of hydrogen-bond donors (Lipinski definition) is 2. The Morgan fingerprint density at radius 3 is 2.42 bits per heavy atom. The molecule has 2 aromatic carbocycles. The first-order valence-electron chi connectivity index (χ1n) is 12.4. The van der Waals surface area contributed by atoms with E-state index >= 15 is 0 Å². The Labute approximate surface area is 196 Å². The van der Waals surface area contributed by atoms with Gasteiger partial charge in [0.05, 0.1) is 18.7 Å². The zero-order valence-corrected chi connectivity index (χ0v) is 19.2. The van der Waals surface area contributed by atoms with Crippen molar-refractivity contribution in [3.8, 4) is 5.75 Å². The molecule has 2 aromatic rings. The van der Waals surface area contributed by atoms with Crippen LogP contribution in [0.2, 0.25) is 0 Å². The van der Waals surface area contributed by atoms with Crippen LogP contribution in [0, 0.1) is 11.8 Å². The smallest absolute Gasteiger partial charge is 0.408 e. The van der Waals surface area contributed by atoms with E-state index < -0.39 is 6.09 Å². The standard InChI is InChI=1S/C27H35N3O3/c31-27(32)30(25-18-29-15-11-21(25)12-16-29)26(22-5-2-1-3-6-22)23-7-4-8-24(17-23)33-19-20-9-13-28-14-10-20/h1-8,17,20-21,25-26,28H,9-16,18-19H2,(H,31,32)/t25-,26-/m0/s1. The molecule has 2 atom stereocenters. The average molecular weight is 450 g/mol. The van der Waals surface area contributed by atoms with Gasteiger partial charge >= 0.3 is 6.09 Å². The highest BCUT2D eigenvalue weighted by Gasteiger charge is 2.43. The average Bonchev–Trinajstić information content (AvgIpc) is 2.87. The van der Waals surface area contributed by atoms with Crippen molar-refractivity contribution in [1.29, 1.82) is 0 Å². The first-order valence-corrected chi connectivity index (χ1v) is 12.4. The summed E-state index contributed by atoms with van der Waals surface area (Å²) in [6.45, 7) is 5.82. The van der Waals surface area contributed by atoms with Crippen LogP contribution < -0.4 is 10.1 Å². The van der Waals surface area contributed by atoms with Crippen LogP contribution in [-0.4, -0.2) is 66.4 Å². The number of fused-ring (bicyclic) bond motifs is 3. The van der Waals surface area contributed by atoms with Crippen molar-refractivity contribution in [2.75, 3.05) is 39.3 Å². The zero-order chi connectivity index (χ0) is 22.6. The minimum Gasteiger partial charge on any atom is -0.493 e. The van der Waals surface area contributed by atoms with Gasteiger partial charge in [-0.15, -0.1) is 0 Å². The van der Waals surface area contributed by atoms with Crippen LogP contribution in [0.3, 0.4) is 0 Å². The Morgan fingerprint density at radius 2 is 1.76 bits per heavy atom. The summed E-state index contributed by atoms with van der Waals surface area (Å²) in [4.78, 5) is 16.9. The molecule has 4 fully saturated rings. The number of benzene rings is 2. The van der Waals surface area contributed by atoms with Gasteiger partial charge in [-0.3, -0.25) is 4.90 Å². The quantitative estimate of drug-likeness (QED) is 0.662. The zero-order valence-electron chi connectivity index (χ0n) is 19.2. The van der Waals surface area contributed by atoms with Crippen LogP contribution in [0.5, 0.6) is 5.75 Å². The third-order valence-corrected chi connectivity index (χ3v) is 7.71. The van der Waals surface area contributed by atoms with Crippen LogP contribution in [-0.2, 0) is 0 Å². The van der Waals surface area contributed by atoms with E-state index in [-0.39, 0.29) is 12.1 Å². The summed E-state index contributed by atoms with van der Waals surface area (Å²) in [6, 6.07) is 17.8. The second kappa shape index (κ2) is 10.1. The van der Waals surface area contributed by atoms with Crippen LogP contribution in [0.15, 0.2) is 54.6 Å². The molecule has 0 aromatic heterocycles. The Hall–Kier alpha value is -2.57. The lowest BCUT2D eigenvalue weighted by atomic mass is 9.81. The molecule has 2 N–H and O–H groups in total. The predicted octanol–water partition coefficient (Wildman–Crippen LogP) is 4.23. The summed E-state index contributed by atoms with van der Waals surface area (Å²) in [5.41, 5.74) is 1.98. The molecule has 0 radical (unpaired) electrons. The molecule has 33 heavy (non-hydrogen) atoms. The molecule has 6 rings (SSSR count). The Kier molecular flexibility index (Phi) is 6.83. The largest absolute Gasteiger partial charge is 0.493 e. The normalized spacial score (nSPS) is 26.0. The summed E-state index contributed by atoms with van der Waals surface area (Å²) < 4.78 is 6.21. The van der Waals surface area contributed by atoms with Gasteiger partial charge in [-0.2, -0.15) is 0 Å². The summed E-state index contributed by atoms with van der Waals surface area (Å²) in [5, 5.41) is 13.9. The van der Waals surface area contributed by atoms with Crippen LogP contribution in [0.1, 0.15) is 42.9 Å². The summed E-state index contributed by atoms with van der Waals surface area (Å²) in [6.07, 6.45) is 3.59. The van der Waals surface area contributed by atoms with Gasteiger partial charge < -0.3 is 20.1 Å². The molecule has 6 nitrogen and oxygen atoms in total. The lowest BCUT2D eigenvalue weighted by Crippen LogP contribution is -2.59. The first kappa shape index (κ1) is 22.2. The molecule has 4 saturated heterocycles. The van der Waals surface area contributed by atoms with Gasteiger partial charge in [0.1, 0.15) is 5.75 Å². The number of piperidine rings is 4. The topological polar surface area (TPSA) is 65.0 Å². The van der Waals surface area contributed by atoms with E-state index in [1.807, 2.05) is 48.5 Å². The van der Waals surface area contributed by atoms with Gasteiger partial charge in [-0.25, -0.2) is 4.79 Å². The molecule has 4 aliphatic heterocycles. The van der Waals surface area contributed by atoms with Crippen molar-refractivity contribution in [2.45, 2.75) is 37.8 Å². The second-order valence-corrected chi connectivity index (χ2v) is 9.79. The first-order chi connectivity index (χ1) is 16.2. The van der Waals surface area contributed by atoms with Gasteiger partial charge in [0.25, 0.3) is 0 Å². The van der Waals surface area contributed by atoms with Gasteiger partial charge in [0.2, 0.25) is 0 Å².